The summed E-state index contributed by atoms with van der Waals surface area (Å²) in [5.41, 5.74) is 9.21. The molecule has 0 aliphatic rings. The van der Waals surface area contributed by atoms with Crippen molar-refractivity contribution < 1.29 is 4.79 Å². The molecule has 14 heavy (non-hydrogen) atoms. The molecule has 0 aliphatic heterocycles. The maximum absolute atomic E-state index is 10.5. The van der Waals surface area contributed by atoms with E-state index in [9.17, 15) is 4.79 Å². The van der Waals surface area contributed by atoms with Crippen molar-refractivity contribution in [2.45, 2.75) is 20.8 Å². The standard InChI is InChI=1S/C12H13NO/c1-8-6-9(2)11(10(3)7-8)4-5-12(13)14/h6-7H,1-3H3,(H2,13,14). The van der Waals surface area contributed by atoms with Crippen LogP contribution < -0.4 is 5.73 Å². The average Bonchev–Trinajstić information content (AvgIpc) is 2.01. The highest BCUT2D eigenvalue weighted by atomic mass is 16.1. The predicted octanol–water partition coefficient (Wildman–Crippen LogP) is 1.45. The maximum Gasteiger partial charge on any atom is 0.293 e. The molecule has 0 heterocycles. The second-order valence-corrected chi connectivity index (χ2v) is 3.39. The van der Waals surface area contributed by atoms with Crippen molar-refractivity contribution in [3.63, 3.8) is 0 Å². The zero-order chi connectivity index (χ0) is 10.7. The van der Waals surface area contributed by atoms with Crippen LogP contribution in [0.5, 0.6) is 0 Å². The minimum atomic E-state index is -0.593. The fraction of sp³-hybridized carbons (Fsp3) is 0.250. The lowest BCUT2D eigenvalue weighted by Crippen LogP contribution is -2.06. The van der Waals surface area contributed by atoms with Gasteiger partial charge in [0.15, 0.2) is 0 Å². The van der Waals surface area contributed by atoms with E-state index in [1.54, 1.807) is 0 Å². The molecule has 72 valence electrons. The number of benzene rings is 1. The van der Waals surface area contributed by atoms with Crippen LogP contribution in [0.15, 0.2) is 12.1 Å². The monoisotopic (exact) mass is 187 g/mol. The van der Waals surface area contributed by atoms with Crippen LogP contribution in [0.3, 0.4) is 0 Å². The van der Waals surface area contributed by atoms with Crippen LogP contribution in [0, 0.1) is 32.6 Å². The van der Waals surface area contributed by atoms with Gasteiger partial charge in [-0.15, -0.1) is 0 Å². The number of primary amides is 1. The third kappa shape index (κ3) is 2.37. The van der Waals surface area contributed by atoms with Crippen molar-refractivity contribution in [2.24, 2.45) is 5.73 Å². The molecular weight excluding hydrogens is 174 g/mol. The van der Waals surface area contributed by atoms with Gasteiger partial charge < -0.3 is 5.73 Å². The highest BCUT2D eigenvalue weighted by Gasteiger charge is 2.00. The first-order chi connectivity index (χ1) is 6.50. The summed E-state index contributed by atoms with van der Waals surface area (Å²) >= 11 is 0. The first-order valence-electron chi connectivity index (χ1n) is 4.40. The van der Waals surface area contributed by atoms with Gasteiger partial charge in [-0.3, -0.25) is 4.79 Å². The Kier molecular flexibility index (Phi) is 2.93. The summed E-state index contributed by atoms with van der Waals surface area (Å²) in [6.07, 6.45) is 0. The molecule has 2 N–H and O–H groups in total. The summed E-state index contributed by atoms with van der Waals surface area (Å²) in [4.78, 5) is 10.5. The van der Waals surface area contributed by atoms with Crippen LogP contribution in [0.4, 0.5) is 0 Å². The van der Waals surface area contributed by atoms with E-state index < -0.39 is 5.91 Å². The average molecular weight is 187 g/mol. The normalized spacial score (nSPS) is 9.07. The Morgan fingerprint density at radius 3 is 2.14 bits per heavy atom. The van der Waals surface area contributed by atoms with Gasteiger partial charge in [-0.25, -0.2) is 0 Å². The summed E-state index contributed by atoms with van der Waals surface area (Å²) in [7, 11) is 0. The zero-order valence-electron chi connectivity index (χ0n) is 8.64. The van der Waals surface area contributed by atoms with Crippen molar-refractivity contribution >= 4 is 5.91 Å². The lowest BCUT2D eigenvalue weighted by molar-refractivity contribution is -0.112. The van der Waals surface area contributed by atoms with Gasteiger partial charge >= 0.3 is 0 Å². The molecule has 1 amide bonds. The molecule has 0 saturated heterocycles. The minimum Gasteiger partial charge on any atom is -0.359 e. The molecule has 1 aromatic rings. The lowest BCUT2D eigenvalue weighted by atomic mass is 10.0. The van der Waals surface area contributed by atoms with Gasteiger partial charge in [-0.2, -0.15) is 0 Å². The van der Waals surface area contributed by atoms with Crippen molar-refractivity contribution in [3.8, 4) is 11.8 Å². The number of hydrogen-bond acceptors (Lipinski definition) is 1. The Hall–Kier alpha value is -1.75. The van der Waals surface area contributed by atoms with Crippen LogP contribution in [0.25, 0.3) is 0 Å². The van der Waals surface area contributed by atoms with Gasteiger partial charge in [0, 0.05) is 5.56 Å². The van der Waals surface area contributed by atoms with Gasteiger partial charge in [0.2, 0.25) is 0 Å². The maximum atomic E-state index is 10.5. The van der Waals surface area contributed by atoms with Crippen molar-refractivity contribution in [3.05, 3.63) is 34.4 Å². The molecule has 0 spiro atoms. The molecule has 0 aliphatic carbocycles. The van der Waals surface area contributed by atoms with Crippen LogP contribution in [0.2, 0.25) is 0 Å². The van der Waals surface area contributed by atoms with E-state index in [0.717, 1.165) is 16.7 Å². The third-order valence-corrected chi connectivity index (χ3v) is 1.99. The first kappa shape index (κ1) is 10.3. The summed E-state index contributed by atoms with van der Waals surface area (Å²) in [5, 5.41) is 0. The Labute approximate surface area is 84.1 Å². The molecular formula is C12H13NO. The van der Waals surface area contributed by atoms with E-state index in [0.29, 0.717) is 0 Å². The molecule has 0 radical (unpaired) electrons. The van der Waals surface area contributed by atoms with Crippen molar-refractivity contribution in [2.75, 3.05) is 0 Å². The van der Waals surface area contributed by atoms with E-state index in [1.807, 2.05) is 32.9 Å². The number of hydrogen-bond donors (Lipinski definition) is 1. The number of amides is 1. The van der Waals surface area contributed by atoms with E-state index in [2.05, 4.69) is 11.8 Å². The van der Waals surface area contributed by atoms with Gasteiger partial charge in [-0.1, -0.05) is 23.6 Å². The Balaban J connectivity index is 3.24. The third-order valence-electron chi connectivity index (χ3n) is 1.99. The number of aryl methyl sites for hydroxylation is 3. The van der Waals surface area contributed by atoms with Crippen LogP contribution in [-0.4, -0.2) is 5.91 Å². The first-order valence-corrected chi connectivity index (χ1v) is 4.40. The SMILES string of the molecule is Cc1cc(C)c(C#CC(N)=O)c(C)c1. The molecule has 1 aromatic carbocycles. The smallest absolute Gasteiger partial charge is 0.293 e. The summed E-state index contributed by atoms with van der Waals surface area (Å²) in [5.74, 6) is 4.54. The predicted molar refractivity (Wildman–Crippen MR) is 56.7 cm³/mol. The number of nitrogens with two attached hydrogens (primary N) is 1. The van der Waals surface area contributed by atoms with Gasteiger partial charge in [0.05, 0.1) is 0 Å². The molecule has 2 nitrogen and oxygen atoms in total. The van der Waals surface area contributed by atoms with Gasteiger partial charge in [0.25, 0.3) is 5.91 Å². The van der Waals surface area contributed by atoms with E-state index in [1.165, 1.54) is 5.56 Å². The molecule has 0 atom stereocenters. The molecule has 0 saturated carbocycles. The summed E-state index contributed by atoms with van der Waals surface area (Å²) in [6, 6.07) is 4.08. The lowest BCUT2D eigenvalue weighted by Gasteiger charge is -2.04. The molecule has 1 rings (SSSR count). The van der Waals surface area contributed by atoms with Crippen molar-refractivity contribution in [1.82, 2.24) is 0 Å². The second kappa shape index (κ2) is 3.97. The molecule has 0 fully saturated rings. The van der Waals surface area contributed by atoms with Crippen molar-refractivity contribution in [1.29, 1.82) is 0 Å². The Bertz CT molecular complexity index is 412. The number of rotatable bonds is 0. The largest absolute Gasteiger partial charge is 0.359 e. The van der Waals surface area contributed by atoms with Gasteiger partial charge in [0.1, 0.15) is 0 Å². The highest BCUT2D eigenvalue weighted by Crippen LogP contribution is 2.14. The quantitative estimate of drug-likeness (QED) is 0.614. The van der Waals surface area contributed by atoms with Crippen LogP contribution in [0.1, 0.15) is 22.3 Å². The van der Waals surface area contributed by atoms with E-state index in [-0.39, 0.29) is 0 Å². The number of carbonyl (C=O) groups excluding carboxylic acids is 1. The fourth-order valence-corrected chi connectivity index (χ4v) is 1.50. The molecule has 0 aromatic heterocycles. The number of carbonyl (C=O) groups is 1. The Morgan fingerprint density at radius 2 is 1.71 bits per heavy atom. The summed E-state index contributed by atoms with van der Waals surface area (Å²) < 4.78 is 0. The fourth-order valence-electron chi connectivity index (χ4n) is 1.50. The topological polar surface area (TPSA) is 43.1 Å². The second-order valence-electron chi connectivity index (χ2n) is 3.39. The Morgan fingerprint density at radius 1 is 1.21 bits per heavy atom. The molecule has 2 heteroatoms. The van der Waals surface area contributed by atoms with Crippen LogP contribution in [-0.2, 0) is 4.79 Å². The molecule has 0 bridgehead atoms. The van der Waals surface area contributed by atoms with Gasteiger partial charge in [-0.05, 0) is 37.8 Å². The van der Waals surface area contributed by atoms with Crippen LogP contribution >= 0.6 is 0 Å². The minimum absolute atomic E-state index is 0.593. The summed E-state index contributed by atoms with van der Waals surface area (Å²) in [6.45, 7) is 5.99. The zero-order valence-corrected chi connectivity index (χ0v) is 8.64. The highest BCUT2D eigenvalue weighted by molar-refractivity contribution is 5.92. The van der Waals surface area contributed by atoms with E-state index in [4.69, 9.17) is 5.73 Å². The van der Waals surface area contributed by atoms with E-state index >= 15 is 0 Å². The molecule has 0 unspecified atom stereocenters.